The van der Waals surface area contributed by atoms with Crippen molar-refractivity contribution in [3.05, 3.63) is 46.9 Å². The number of methoxy groups -OCH3 is 1. The molecule has 1 unspecified atom stereocenters. The minimum absolute atomic E-state index is 0.0146. The van der Waals surface area contributed by atoms with Crippen LogP contribution < -0.4 is 4.74 Å². The van der Waals surface area contributed by atoms with E-state index in [-0.39, 0.29) is 35.2 Å². The van der Waals surface area contributed by atoms with Gasteiger partial charge < -0.3 is 18.8 Å². The molecule has 3 rings (SSSR count). The van der Waals surface area contributed by atoms with Crippen molar-refractivity contribution >= 4 is 17.5 Å². The van der Waals surface area contributed by atoms with Crippen molar-refractivity contribution in [3.63, 3.8) is 0 Å². The highest BCUT2D eigenvalue weighted by molar-refractivity contribution is 6.32. The zero-order valence-electron chi connectivity index (χ0n) is 13.7. The number of amides is 1. The molecule has 0 radical (unpaired) electrons. The van der Waals surface area contributed by atoms with Gasteiger partial charge in [0.1, 0.15) is 17.8 Å². The van der Waals surface area contributed by atoms with Crippen LogP contribution in [0.3, 0.4) is 0 Å². The van der Waals surface area contributed by atoms with E-state index in [1.54, 1.807) is 12.0 Å². The van der Waals surface area contributed by atoms with Crippen molar-refractivity contribution < 1.29 is 23.1 Å². The number of hydrogen-bond donors (Lipinski definition) is 0. The van der Waals surface area contributed by atoms with Crippen LogP contribution in [0.15, 0.2) is 28.9 Å². The average molecular weight is 369 g/mol. The number of nitrogens with zero attached hydrogens (tertiary/aromatic N) is 2. The summed E-state index contributed by atoms with van der Waals surface area (Å²) in [4.78, 5) is 18.3. The predicted octanol–water partition coefficient (Wildman–Crippen LogP) is 3.30. The zero-order valence-corrected chi connectivity index (χ0v) is 14.5. The first-order valence-corrected chi connectivity index (χ1v) is 8.29. The van der Waals surface area contributed by atoms with E-state index >= 15 is 0 Å². The summed E-state index contributed by atoms with van der Waals surface area (Å²) in [6, 6.07) is 3.82. The number of carbonyl (C=O) groups is 1. The molecular weight excluding hydrogens is 351 g/mol. The zero-order chi connectivity index (χ0) is 17.8. The number of halogens is 2. The Morgan fingerprint density at radius 1 is 1.52 bits per heavy atom. The minimum Gasteiger partial charge on any atom is -0.482 e. The fourth-order valence-electron chi connectivity index (χ4n) is 2.68. The Bertz CT molecular complexity index is 752. The predicted molar refractivity (Wildman–Crippen MR) is 88.2 cm³/mol. The van der Waals surface area contributed by atoms with E-state index in [9.17, 15) is 9.18 Å². The van der Waals surface area contributed by atoms with Crippen LogP contribution in [0.5, 0.6) is 5.75 Å². The van der Waals surface area contributed by atoms with Crippen LogP contribution in [0.1, 0.15) is 29.2 Å². The van der Waals surface area contributed by atoms with Gasteiger partial charge in [0.2, 0.25) is 5.89 Å². The Morgan fingerprint density at radius 2 is 2.36 bits per heavy atom. The smallest absolute Gasteiger partial charge is 0.275 e. The van der Waals surface area contributed by atoms with E-state index in [1.165, 1.54) is 18.4 Å². The van der Waals surface area contributed by atoms with E-state index in [0.717, 1.165) is 18.9 Å². The SMILES string of the molecule is COC1CCCN(C(=O)c2coc(COc3ccc(F)cc3Cl)n2)C1. The molecule has 25 heavy (non-hydrogen) atoms. The molecule has 1 aliphatic rings. The third kappa shape index (κ3) is 4.29. The lowest BCUT2D eigenvalue weighted by atomic mass is 10.1. The molecule has 0 saturated carbocycles. The summed E-state index contributed by atoms with van der Waals surface area (Å²) in [6.45, 7) is 1.20. The van der Waals surface area contributed by atoms with Crippen molar-refractivity contribution in [2.45, 2.75) is 25.6 Å². The van der Waals surface area contributed by atoms with Gasteiger partial charge in [-0.3, -0.25) is 4.79 Å². The average Bonchev–Trinajstić information content (AvgIpc) is 3.09. The lowest BCUT2D eigenvalue weighted by Gasteiger charge is -2.31. The first kappa shape index (κ1) is 17.7. The standard InChI is InChI=1S/C17H18ClFN2O4/c1-23-12-3-2-6-21(8-12)17(22)14-9-25-16(20-14)10-24-15-5-4-11(19)7-13(15)18/h4-5,7,9,12H,2-3,6,8,10H2,1H3. The summed E-state index contributed by atoms with van der Waals surface area (Å²) < 4.78 is 29.1. The first-order valence-electron chi connectivity index (χ1n) is 7.91. The molecule has 1 aromatic carbocycles. The van der Waals surface area contributed by atoms with Gasteiger partial charge in [-0.2, -0.15) is 0 Å². The number of likely N-dealkylation sites (tertiary alicyclic amines) is 1. The first-order chi connectivity index (χ1) is 12.1. The Labute approximate surface area is 149 Å². The third-order valence-electron chi connectivity index (χ3n) is 4.01. The molecule has 0 aliphatic carbocycles. The number of benzene rings is 1. The van der Waals surface area contributed by atoms with Crippen molar-refractivity contribution in [1.29, 1.82) is 0 Å². The van der Waals surface area contributed by atoms with Crippen LogP contribution in [-0.4, -0.2) is 42.1 Å². The summed E-state index contributed by atoms with van der Waals surface area (Å²) in [5, 5.41) is 0.154. The summed E-state index contributed by atoms with van der Waals surface area (Å²) in [5.74, 6) is -0.0917. The molecule has 1 fully saturated rings. The molecule has 2 heterocycles. The highest BCUT2D eigenvalue weighted by atomic mass is 35.5. The summed E-state index contributed by atoms with van der Waals surface area (Å²) in [5.41, 5.74) is 0.223. The van der Waals surface area contributed by atoms with Gasteiger partial charge in [0.25, 0.3) is 5.91 Å². The Hall–Kier alpha value is -2.12. The normalized spacial score (nSPS) is 17.6. The summed E-state index contributed by atoms with van der Waals surface area (Å²) >= 11 is 5.89. The van der Waals surface area contributed by atoms with Gasteiger partial charge in [-0.25, -0.2) is 9.37 Å². The van der Waals surface area contributed by atoms with Gasteiger partial charge in [-0.15, -0.1) is 0 Å². The molecular formula is C17H18ClFN2O4. The van der Waals surface area contributed by atoms with Crippen LogP contribution >= 0.6 is 11.6 Å². The highest BCUT2D eigenvalue weighted by Gasteiger charge is 2.26. The molecule has 1 atom stereocenters. The molecule has 0 bridgehead atoms. The Balaban J connectivity index is 1.61. The molecule has 1 saturated heterocycles. The van der Waals surface area contributed by atoms with E-state index in [1.807, 2.05) is 0 Å². The second-order valence-corrected chi connectivity index (χ2v) is 6.15. The highest BCUT2D eigenvalue weighted by Crippen LogP contribution is 2.25. The van der Waals surface area contributed by atoms with Crippen LogP contribution in [0.2, 0.25) is 5.02 Å². The Kier molecular flexibility index (Phi) is 5.55. The number of aromatic nitrogens is 1. The van der Waals surface area contributed by atoms with Crippen LogP contribution in [0.25, 0.3) is 0 Å². The second kappa shape index (κ2) is 7.84. The lowest BCUT2D eigenvalue weighted by molar-refractivity contribution is 0.0265. The van der Waals surface area contributed by atoms with E-state index in [0.29, 0.717) is 18.8 Å². The molecule has 1 aliphatic heterocycles. The topological polar surface area (TPSA) is 64.8 Å². The van der Waals surface area contributed by atoms with Crippen LogP contribution in [-0.2, 0) is 11.3 Å². The monoisotopic (exact) mass is 368 g/mol. The lowest BCUT2D eigenvalue weighted by Crippen LogP contribution is -2.43. The maximum atomic E-state index is 13.0. The van der Waals surface area contributed by atoms with Crippen LogP contribution in [0.4, 0.5) is 4.39 Å². The molecule has 6 nitrogen and oxygen atoms in total. The maximum absolute atomic E-state index is 13.0. The van der Waals surface area contributed by atoms with Crippen molar-refractivity contribution in [2.24, 2.45) is 0 Å². The van der Waals surface area contributed by atoms with Gasteiger partial charge in [0.05, 0.1) is 11.1 Å². The van der Waals surface area contributed by atoms with Crippen molar-refractivity contribution in [1.82, 2.24) is 9.88 Å². The van der Waals surface area contributed by atoms with Gasteiger partial charge >= 0.3 is 0 Å². The molecule has 1 aromatic heterocycles. The summed E-state index contributed by atoms with van der Waals surface area (Å²) in [7, 11) is 1.64. The molecule has 1 amide bonds. The Morgan fingerprint density at radius 3 is 3.12 bits per heavy atom. The molecule has 0 N–H and O–H groups in total. The molecule has 2 aromatic rings. The number of oxazole rings is 1. The molecule has 8 heteroatoms. The van der Waals surface area contributed by atoms with Gasteiger partial charge in [-0.1, -0.05) is 11.6 Å². The minimum atomic E-state index is -0.447. The largest absolute Gasteiger partial charge is 0.482 e. The van der Waals surface area contributed by atoms with Crippen LogP contribution in [0, 0.1) is 5.82 Å². The fourth-order valence-corrected chi connectivity index (χ4v) is 2.91. The summed E-state index contributed by atoms with van der Waals surface area (Å²) in [6.07, 6.45) is 3.19. The van der Waals surface area contributed by atoms with E-state index in [4.69, 9.17) is 25.5 Å². The third-order valence-corrected chi connectivity index (χ3v) is 4.31. The van der Waals surface area contributed by atoms with Gasteiger partial charge in [0.15, 0.2) is 12.3 Å². The van der Waals surface area contributed by atoms with E-state index < -0.39 is 5.82 Å². The molecule has 134 valence electrons. The van der Waals surface area contributed by atoms with Crippen molar-refractivity contribution in [2.75, 3.05) is 20.2 Å². The maximum Gasteiger partial charge on any atom is 0.275 e. The number of ether oxygens (including phenoxy) is 2. The van der Waals surface area contributed by atoms with Gasteiger partial charge in [0, 0.05) is 20.2 Å². The van der Waals surface area contributed by atoms with E-state index in [2.05, 4.69) is 4.98 Å². The second-order valence-electron chi connectivity index (χ2n) is 5.74. The number of hydrogen-bond acceptors (Lipinski definition) is 5. The quantitative estimate of drug-likeness (QED) is 0.810. The number of piperidine rings is 1. The number of carbonyl (C=O) groups excluding carboxylic acids is 1. The van der Waals surface area contributed by atoms with Crippen molar-refractivity contribution in [3.8, 4) is 5.75 Å². The number of rotatable bonds is 5. The van der Waals surface area contributed by atoms with Gasteiger partial charge in [-0.05, 0) is 31.0 Å². The molecule has 0 spiro atoms. The fraction of sp³-hybridized carbons (Fsp3) is 0.412.